The third kappa shape index (κ3) is 5.18. The minimum atomic E-state index is -1.15. The maximum absolute atomic E-state index is 12.6. The molecular formula is C16H23BN6O6. The SMILES string of the molecule is [B]NC(CCC(=O)N1CC(n2cc(C(NC)C(=O)O)nn2)CC1C(=O)O)C(C)=O. The fourth-order valence-electron chi connectivity index (χ4n) is 3.33. The number of nitrogens with zero attached hydrogens (tertiary/aromatic N) is 4. The van der Waals surface area contributed by atoms with Crippen LogP contribution in [0.25, 0.3) is 0 Å². The standard InChI is InChI=1S/C16H23BN6O6/c1-8(24)10(19-17)3-4-13(25)22-6-9(5-12(22)15(26)27)23-7-11(20-21-23)14(18-2)16(28)29/h7,9-10,12,14,18-19H,3-6H2,1-2H3,(H,26,27)(H,28,29). The van der Waals surface area contributed by atoms with Crippen molar-refractivity contribution in [1.29, 1.82) is 0 Å². The number of carbonyl (C=O) groups excluding carboxylic acids is 2. The van der Waals surface area contributed by atoms with Crippen LogP contribution in [0.2, 0.25) is 0 Å². The first-order chi connectivity index (χ1) is 13.7. The molecule has 1 saturated heterocycles. The lowest BCUT2D eigenvalue weighted by molar-refractivity contribution is -0.148. The molecular weight excluding hydrogens is 383 g/mol. The van der Waals surface area contributed by atoms with E-state index in [0.717, 1.165) is 0 Å². The number of aliphatic carboxylic acids is 2. The van der Waals surface area contributed by atoms with Gasteiger partial charge < -0.3 is 25.7 Å². The fourth-order valence-corrected chi connectivity index (χ4v) is 3.33. The van der Waals surface area contributed by atoms with Crippen molar-refractivity contribution >= 4 is 31.6 Å². The molecule has 156 valence electrons. The van der Waals surface area contributed by atoms with Gasteiger partial charge in [0.05, 0.1) is 18.3 Å². The van der Waals surface area contributed by atoms with Gasteiger partial charge in [0.2, 0.25) is 5.91 Å². The smallest absolute Gasteiger partial charge is 0.327 e. The minimum absolute atomic E-state index is 0.0472. The summed E-state index contributed by atoms with van der Waals surface area (Å²) in [6, 6.07) is -3.26. The number of carbonyl (C=O) groups is 4. The number of carboxylic acids is 2. The molecule has 0 saturated carbocycles. The van der Waals surface area contributed by atoms with Gasteiger partial charge in [0.15, 0.2) is 14.0 Å². The molecule has 0 aromatic carbocycles. The molecule has 4 unspecified atom stereocenters. The summed E-state index contributed by atoms with van der Waals surface area (Å²) in [5, 5.41) is 31.4. The first-order valence-electron chi connectivity index (χ1n) is 9.00. The molecule has 12 nitrogen and oxygen atoms in total. The largest absolute Gasteiger partial charge is 0.480 e. The maximum Gasteiger partial charge on any atom is 0.327 e. The molecule has 4 N–H and O–H groups in total. The lowest BCUT2D eigenvalue weighted by Crippen LogP contribution is -2.42. The Labute approximate surface area is 168 Å². The normalized spacial score (nSPS) is 21.0. The number of ketones is 1. The number of carboxylic acid groups (broad SMARTS) is 2. The summed E-state index contributed by atoms with van der Waals surface area (Å²) in [6.07, 6.45) is 1.63. The molecule has 2 radical (unpaired) electrons. The lowest BCUT2D eigenvalue weighted by atomic mass is 10.1. The average molecular weight is 406 g/mol. The van der Waals surface area contributed by atoms with Gasteiger partial charge in [-0.3, -0.25) is 14.4 Å². The van der Waals surface area contributed by atoms with Crippen molar-refractivity contribution in [1.82, 2.24) is 30.4 Å². The zero-order chi connectivity index (χ0) is 21.7. The van der Waals surface area contributed by atoms with E-state index in [9.17, 15) is 29.4 Å². The molecule has 1 amide bonds. The zero-order valence-corrected chi connectivity index (χ0v) is 16.1. The van der Waals surface area contributed by atoms with Crippen molar-refractivity contribution in [3.05, 3.63) is 11.9 Å². The van der Waals surface area contributed by atoms with Crippen molar-refractivity contribution in [2.45, 2.75) is 50.4 Å². The van der Waals surface area contributed by atoms with E-state index in [2.05, 4.69) is 20.9 Å². The van der Waals surface area contributed by atoms with Crippen LogP contribution in [0.4, 0.5) is 0 Å². The van der Waals surface area contributed by atoms with Crippen LogP contribution in [-0.4, -0.2) is 87.4 Å². The minimum Gasteiger partial charge on any atom is -0.480 e. The van der Waals surface area contributed by atoms with E-state index in [0.29, 0.717) is 0 Å². The summed E-state index contributed by atoms with van der Waals surface area (Å²) in [6.45, 7) is 1.43. The van der Waals surface area contributed by atoms with Gasteiger partial charge >= 0.3 is 11.9 Å². The van der Waals surface area contributed by atoms with E-state index in [-0.39, 0.29) is 37.3 Å². The number of hydrogen-bond donors (Lipinski definition) is 4. The molecule has 2 rings (SSSR count). The van der Waals surface area contributed by atoms with Crippen molar-refractivity contribution in [3.8, 4) is 0 Å². The third-order valence-electron chi connectivity index (χ3n) is 4.96. The number of rotatable bonds is 10. The highest BCUT2D eigenvalue weighted by molar-refractivity contribution is 6.06. The predicted molar refractivity (Wildman–Crippen MR) is 98.8 cm³/mol. The highest BCUT2D eigenvalue weighted by atomic mass is 16.4. The van der Waals surface area contributed by atoms with Crippen molar-refractivity contribution in [3.63, 3.8) is 0 Å². The van der Waals surface area contributed by atoms with E-state index >= 15 is 0 Å². The first-order valence-corrected chi connectivity index (χ1v) is 9.00. The molecule has 0 bridgehead atoms. The number of likely N-dealkylation sites (tertiary alicyclic amines) is 1. The summed E-state index contributed by atoms with van der Waals surface area (Å²) >= 11 is 0. The Morgan fingerprint density at radius 1 is 1.34 bits per heavy atom. The molecule has 4 atom stereocenters. The summed E-state index contributed by atoms with van der Waals surface area (Å²) in [7, 11) is 6.76. The van der Waals surface area contributed by atoms with Crippen LogP contribution in [0, 0.1) is 0 Å². The van der Waals surface area contributed by atoms with Gasteiger partial charge in [0.1, 0.15) is 17.5 Å². The van der Waals surface area contributed by atoms with Gasteiger partial charge in [-0.1, -0.05) is 5.21 Å². The van der Waals surface area contributed by atoms with Crippen LogP contribution in [0.15, 0.2) is 6.20 Å². The molecule has 1 aliphatic heterocycles. The van der Waals surface area contributed by atoms with Gasteiger partial charge in [-0.05, 0) is 20.4 Å². The second kappa shape index (κ2) is 9.61. The third-order valence-corrected chi connectivity index (χ3v) is 4.96. The van der Waals surface area contributed by atoms with Gasteiger partial charge in [-0.25, -0.2) is 9.48 Å². The van der Waals surface area contributed by atoms with Gasteiger partial charge in [-0.2, -0.15) is 0 Å². The molecule has 1 aromatic rings. The fraction of sp³-hybridized carbons (Fsp3) is 0.625. The highest BCUT2D eigenvalue weighted by Gasteiger charge is 2.41. The second-order valence-corrected chi connectivity index (χ2v) is 6.84. The molecule has 0 spiro atoms. The Morgan fingerprint density at radius 3 is 2.55 bits per heavy atom. The molecule has 29 heavy (non-hydrogen) atoms. The van der Waals surface area contributed by atoms with Crippen LogP contribution in [-0.2, 0) is 19.2 Å². The molecule has 13 heteroatoms. The summed E-state index contributed by atoms with van der Waals surface area (Å²) < 4.78 is 1.38. The molecule has 0 aliphatic carbocycles. The quantitative estimate of drug-likeness (QED) is 0.328. The molecule has 2 heterocycles. The number of amides is 1. The van der Waals surface area contributed by atoms with Crippen LogP contribution in [0.5, 0.6) is 0 Å². The summed E-state index contributed by atoms with van der Waals surface area (Å²) in [5.74, 6) is -2.91. The Balaban J connectivity index is 2.11. The number of Topliss-reactive ketones (excluding diaryl/α,β-unsaturated/α-hetero) is 1. The molecule has 1 aliphatic rings. The monoisotopic (exact) mass is 406 g/mol. The summed E-state index contributed by atoms with van der Waals surface area (Å²) in [5.41, 5.74) is 0.176. The highest BCUT2D eigenvalue weighted by Crippen LogP contribution is 2.28. The van der Waals surface area contributed by atoms with E-state index in [1.807, 2.05) is 0 Å². The number of likely N-dealkylation sites (N-methyl/N-ethyl adjacent to an activating group) is 1. The van der Waals surface area contributed by atoms with Gasteiger partial charge in [-0.15, -0.1) is 5.10 Å². The van der Waals surface area contributed by atoms with Gasteiger partial charge in [0.25, 0.3) is 0 Å². The predicted octanol–water partition coefficient (Wildman–Crippen LogP) is -1.74. The van der Waals surface area contributed by atoms with Crippen molar-refractivity contribution < 1.29 is 29.4 Å². The Kier molecular flexibility index (Phi) is 7.45. The number of nitrogens with one attached hydrogen (secondary N) is 2. The zero-order valence-electron chi connectivity index (χ0n) is 16.1. The maximum atomic E-state index is 12.6. The van der Waals surface area contributed by atoms with E-state index < -0.39 is 42.0 Å². The molecule has 1 fully saturated rings. The van der Waals surface area contributed by atoms with Crippen LogP contribution >= 0.6 is 0 Å². The Bertz CT molecular complexity index is 786. The average Bonchev–Trinajstić information content (AvgIpc) is 3.29. The van der Waals surface area contributed by atoms with E-state index in [4.69, 9.17) is 7.98 Å². The topological polar surface area (TPSA) is 167 Å². The number of aromatic nitrogens is 3. The van der Waals surface area contributed by atoms with Crippen LogP contribution < -0.4 is 10.5 Å². The van der Waals surface area contributed by atoms with Crippen molar-refractivity contribution in [2.75, 3.05) is 13.6 Å². The first kappa shape index (κ1) is 22.5. The van der Waals surface area contributed by atoms with Crippen molar-refractivity contribution in [2.24, 2.45) is 0 Å². The van der Waals surface area contributed by atoms with Gasteiger partial charge in [0, 0.05) is 19.4 Å². The Morgan fingerprint density at radius 2 is 2.03 bits per heavy atom. The van der Waals surface area contributed by atoms with Crippen LogP contribution in [0.3, 0.4) is 0 Å². The second-order valence-electron chi connectivity index (χ2n) is 6.84. The summed E-state index contributed by atoms with van der Waals surface area (Å²) in [4.78, 5) is 48.1. The van der Waals surface area contributed by atoms with E-state index in [1.165, 1.54) is 29.7 Å². The van der Waals surface area contributed by atoms with E-state index in [1.54, 1.807) is 0 Å². The van der Waals surface area contributed by atoms with Crippen LogP contribution in [0.1, 0.15) is 44.0 Å². The lowest BCUT2D eigenvalue weighted by Gasteiger charge is -2.22. The number of hydrogen-bond acceptors (Lipinski definition) is 8. The molecule has 1 aromatic heterocycles. The Hall–Kier alpha value is -2.80.